The van der Waals surface area contributed by atoms with Crippen LogP contribution in [0.1, 0.15) is 36.5 Å². The van der Waals surface area contributed by atoms with Gasteiger partial charge in [0, 0.05) is 30.1 Å². The Morgan fingerprint density at radius 3 is 2.54 bits per heavy atom. The molecule has 4 nitrogen and oxygen atoms in total. The largest absolute Gasteiger partial charge is 0.508 e. The highest BCUT2D eigenvalue weighted by Gasteiger charge is 2.34. The number of nitrogens with one attached hydrogen (secondary N) is 1. The van der Waals surface area contributed by atoms with Gasteiger partial charge in [-0.25, -0.2) is 4.79 Å². The summed E-state index contributed by atoms with van der Waals surface area (Å²) in [5.41, 5.74) is -0.0744. The Bertz CT molecular complexity index is 1040. The van der Waals surface area contributed by atoms with Gasteiger partial charge >= 0.3 is 11.8 Å². The number of phenols is 1. The van der Waals surface area contributed by atoms with Crippen molar-refractivity contribution in [3.8, 4) is 5.75 Å². The van der Waals surface area contributed by atoms with Gasteiger partial charge in [-0.15, -0.1) is 0 Å². The van der Waals surface area contributed by atoms with Gasteiger partial charge in [0.05, 0.1) is 5.56 Å². The lowest BCUT2D eigenvalue weighted by Gasteiger charge is -2.25. The van der Waals surface area contributed by atoms with Gasteiger partial charge in [0.25, 0.3) is 0 Å². The summed E-state index contributed by atoms with van der Waals surface area (Å²) in [6.07, 6.45) is -4.42. The van der Waals surface area contributed by atoms with Crippen molar-refractivity contribution in [2.24, 2.45) is 0 Å². The maximum atomic E-state index is 13.3. The Hall–Kier alpha value is -2.80. The summed E-state index contributed by atoms with van der Waals surface area (Å²) in [6, 6.07) is 11.1. The van der Waals surface area contributed by atoms with Crippen LogP contribution in [0, 0.1) is 0 Å². The molecule has 0 aliphatic rings. The average molecular weight is 391 g/mol. The van der Waals surface area contributed by atoms with E-state index in [1.165, 1.54) is 30.3 Å². The van der Waals surface area contributed by atoms with Gasteiger partial charge < -0.3 is 14.8 Å². The van der Waals surface area contributed by atoms with Crippen LogP contribution in [-0.4, -0.2) is 11.1 Å². The number of alkyl halides is 3. The first-order chi connectivity index (χ1) is 13.2. The van der Waals surface area contributed by atoms with E-state index < -0.39 is 23.3 Å². The van der Waals surface area contributed by atoms with Crippen LogP contribution < -0.4 is 10.9 Å². The van der Waals surface area contributed by atoms with Crippen molar-refractivity contribution in [3.05, 3.63) is 75.6 Å². The van der Waals surface area contributed by atoms with Gasteiger partial charge in [0.15, 0.2) is 0 Å². The fourth-order valence-electron chi connectivity index (χ4n) is 3.23. The van der Waals surface area contributed by atoms with Crippen LogP contribution in [0.25, 0.3) is 11.0 Å². The number of hydrogen-bond acceptors (Lipinski definition) is 4. The molecule has 2 unspecified atom stereocenters. The zero-order valence-electron chi connectivity index (χ0n) is 15.4. The molecule has 0 aliphatic carbocycles. The van der Waals surface area contributed by atoms with E-state index in [-0.39, 0.29) is 29.5 Å². The first-order valence-corrected chi connectivity index (χ1v) is 8.82. The maximum Gasteiger partial charge on any atom is 0.416 e. The molecule has 7 heteroatoms. The van der Waals surface area contributed by atoms with Gasteiger partial charge in [-0.05, 0) is 42.2 Å². The maximum absolute atomic E-state index is 13.3. The third-order valence-electron chi connectivity index (χ3n) is 4.94. The summed E-state index contributed by atoms with van der Waals surface area (Å²) < 4.78 is 45.0. The number of benzene rings is 2. The van der Waals surface area contributed by atoms with Crippen LogP contribution in [0.3, 0.4) is 0 Å². The minimum Gasteiger partial charge on any atom is -0.508 e. The van der Waals surface area contributed by atoms with Crippen molar-refractivity contribution in [1.29, 1.82) is 0 Å². The Labute approximate surface area is 159 Å². The molecule has 2 atom stereocenters. The van der Waals surface area contributed by atoms with Crippen LogP contribution in [0.4, 0.5) is 13.2 Å². The zero-order valence-corrected chi connectivity index (χ0v) is 15.4. The Morgan fingerprint density at radius 1 is 1.11 bits per heavy atom. The predicted octanol–water partition coefficient (Wildman–Crippen LogP) is 4.80. The smallest absolute Gasteiger partial charge is 0.416 e. The van der Waals surface area contributed by atoms with Crippen molar-refractivity contribution in [3.63, 3.8) is 0 Å². The fourth-order valence-corrected chi connectivity index (χ4v) is 3.23. The summed E-state index contributed by atoms with van der Waals surface area (Å²) in [7, 11) is 0. The standard InChI is InChI=1S/C21H20F3NO3/c1-12(16-5-3-4-6-18(16)21(22,23)24)13(2)25-11-14-9-20(27)28-19-10-15(26)7-8-17(14)19/h3-10,12-13,25-26H,11H2,1-2H3. The van der Waals surface area contributed by atoms with E-state index in [1.54, 1.807) is 26.0 Å². The molecule has 0 aliphatic heterocycles. The average Bonchev–Trinajstić information content (AvgIpc) is 2.64. The molecular formula is C21H20F3NO3. The zero-order chi connectivity index (χ0) is 20.5. The minimum atomic E-state index is -4.42. The fraction of sp³-hybridized carbons (Fsp3) is 0.286. The molecule has 0 bridgehead atoms. The van der Waals surface area contributed by atoms with E-state index in [9.17, 15) is 23.1 Å². The van der Waals surface area contributed by atoms with Gasteiger partial charge in [-0.2, -0.15) is 13.2 Å². The van der Waals surface area contributed by atoms with Crippen LogP contribution in [0.15, 0.2) is 57.7 Å². The Balaban J connectivity index is 1.83. The summed E-state index contributed by atoms with van der Waals surface area (Å²) in [4.78, 5) is 11.8. The summed E-state index contributed by atoms with van der Waals surface area (Å²) in [5, 5.41) is 13.4. The molecular weight excluding hydrogens is 371 g/mol. The summed E-state index contributed by atoms with van der Waals surface area (Å²) >= 11 is 0. The van der Waals surface area contributed by atoms with Gasteiger partial charge in [0.2, 0.25) is 0 Å². The molecule has 0 amide bonds. The van der Waals surface area contributed by atoms with E-state index in [0.29, 0.717) is 10.9 Å². The number of halogens is 3. The molecule has 2 N–H and O–H groups in total. The third kappa shape index (κ3) is 4.20. The van der Waals surface area contributed by atoms with Crippen LogP contribution in [0.2, 0.25) is 0 Å². The minimum absolute atomic E-state index is 0.0218. The Morgan fingerprint density at radius 2 is 1.82 bits per heavy atom. The van der Waals surface area contributed by atoms with Crippen LogP contribution >= 0.6 is 0 Å². The third-order valence-corrected chi connectivity index (χ3v) is 4.94. The lowest BCUT2D eigenvalue weighted by atomic mass is 9.90. The van der Waals surface area contributed by atoms with Gasteiger partial charge in [-0.1, -0.05) is 25.1 Å². The van der Waals surface area contributed by atoms with E-state index in [1.807, 2.05) is 0 Å². The predicted molar refractivity (Wildman–Crippen MR) is 100 cm³/mol. The van der Waals surface area contributed by atoms with E-state index in [0.717, 1.165) is 6.07 Å². The number of hydrogen-bond donors (Lipinski definition) is 2. The topological polar surface area (TPSA) is 62.5 Å². The van der Waals surface area contributed by atoms with E-state index in [2.05, 4.69) is 5.32 Å². The SMILES string of the molecule is CC(NCc1cc(=O)oc2cc(O)ccc12)C(C)c1ccccc1C(F)(F)F. The second-order valence-corrected chi connectivity index (χ2v) is 6.81. The highest BCUT2D eigenvalue weighted by molar-refractivity contribution is 5.81. The Kier molecular flexibility index (Phi) is 5.47. The van der Waals surface area contributed by atoms with E-state index in [4.69, 9.17) is 4.42 Å². The molecule has 2 aromatic carbocycles. The normalized spacial score (nSPS) is 14.2. The highest BCUT2D eigenvalue weighted by atomic mass is 19.4. The van der Waals surface area contributed by atoms with Crippen molar-refractivity contribution in [2.75, 3.05) is 0 Å². The number of aromatic hydroxyl groups is 1. The molecule has 3 aromatic rings. The van der Waals surface area contributed by atoms with Crippen molar-refractivity contribution >= 4 is 11.0 Å². The number of phenolic OH excluding ortho intramolecular Hbond substituents is 1. The lowest BCUT2D eigenvalue weighted by Crippen LogP contribution is -2.31. The molecule has 0 fully saturated rings. The molecule has 148 valence electrons. The second kappa shape index (κ2) is 7.67. The van der Waals surface area contributed by atoms with Crippen molar-refractivity contribution in [1.82, 2.24) is 5.32 Å². The number of rotatable bonds is 5. The van der Waals surface area contributed by atoms with Crippen LogP contribution in [0.5, 0.6) is 5.75 Å². The van der Waals surface area contributed by atoms with Crippen LogP contribution in [-0.2, 0) is 12.7 Å². The van der Waals surface area contributed by atoms with Crippen molar-refractivity contribution in [2.45, 2.75) is 38.5 Å². The quantitative estimate of drug-likeness (QED) is 0.614. The first kappa shape index (κ1) is 19.9. The monoisotopic (exact) mass is 391 g/mol. The van der Waals surface area contributed by atoms with Gasteiger partial charge in [0.1, 0.15) is 11.3 Å². The summed E-state index contributed by atoms with van der Waals surface area (Å²) in [5.74, 6) is -0.431. The molecule has 0 saturated heterocycles. The highest BCUT2D eigenvalue weighted by Crippen LogP contribution is 2.36. The molecule has 0 spiro atoms. The molecule has 28 heavy (non-hydrogen) atoms. The molecule has 1 heterocycles. The van der Waals surface area contributed by atoms with Gasteiger partial charge in [-0.3, -0.25) is 0 Å². The summed E-state index contributed by atoms with van der Waals surface area (Å²) in [6.45, 7) is 3.81. The second-order valence-electron chi connectivity index (χ2n) is 6.81. The first-order valence-electron chi connectivity index (χ1n) is 8.82. The molecule has 0 radical (unpaired) electrons. The lowest BCUT2D eigenvalue weighted by molar-refractivity contribution is -0.138. The molecule has 3 rings (SSSR count). The van der Waals surface area contributed by atoms with E-state index >= 15 is 0 Å². The molecule has 0 saturated carbocycles. The number of fused-ring (bicyclic) bond motifs is 1. The van der Waals surface area contributed by atoms with Crippen molar-refractivity contribution < 1.29 is 22.7 Å². The molecule has 1 aromatic heterocycles.